The number of rotatable bonds is 3. The number of anilines is 1. The van der Waals surface area contributed by atoms with Gasteiger partial charge in [-0.05, 0) is 30.9 Å². The van der Waals surface area contributed by atoms with Crippen molar-refractivity contribution in [1.82, 2.24) is 19.9 Å². The first-order chi connectivity index (χ1) is 11.7. The third-order valence-electron chi connectivity index (χ3n) is 4.56. The van der Waals surface area contributed by atoms with Gasteiger partial charge in [-0.15, -0.1) is 0 Å². The molecule has 1 aliphatic heterocycles. The van der Waals surface area contributed by atoms with Crippen molar-refractivity contribution in [2.24, 2.45) is 5.92 Å². The van der Waals surface area contributed by atoms with E-state index in [0.717, 1.165) is 37.4 Å². The van der Waals surface area contributed by atoms with E-state index < -0.39 is 6.10 Å². The molecule has 1 N–H and O–H groups in total. The van der Waals surface area contributed by atoms with Gasteiger partial charge in [-0.3, -0.25) is 4.98 Å². The van der Waals surface area contributed by atoms with Crippen LogP contribution in [0.25, 0.3) is 11.2 Å². The molecule has 3 aromatic heterocycles. The average Bonchev–Trinajstić information content (AvgIpc) is 3.02. The highest BCUT2D eigenvalue weighted by Gasteiger charge is 2.28. The molecule has 0 aliphatic carbocycles. The molecule has 7 nitrogen and oxygen atoms in total. The van der Waals surface area contributed by atoms with Crippen LogP contribution in [0.4, 0.5) is 5.82 Å². The third kappa shape index (κ3) is 2.71. The Morgan fingerprint density at radius 2 is 2.04 bits per heavy atom. The molecule has 1 atom stereocenters. The van der Waals surface area contributed by atoms with Gasteiger partial charge in [0.15, 0.2) is 17.2 Å². The normalized spacial score (nSPS) is 17.3. The summed E-state index contributed by atoms with van der Waals surface area (Å²) in [6.07, 6.45) is 4.46. The Bertz CT molecular complexity index is 827. The molecule has 0 spiro atoms. The van der Waals surface area contributed by atoms with E-state index in [1.165, 1.54) is 6.33 Å². The molecule has 0 amide bonds. The maximum Gasteiger partial charge on any atom is 0.252 e. The predicted molar refractivity (Wildman–Crippen MR) is 88.5 cm³/mol. The van der Waals surface area contributed by atoms with Crippen LogP contribution in [-0.4, -0.2) is 38.1 Å². The van der Waals surface area contributed by atoms with Crippen LogP contribution in [0.2, 0.25) is 0 Å². The summed E-state index contributed by atoms with van der Waals surface area (Å²) in [6.45, 7) is 3.43. The van der Waals surface area contributed by atoms with E-state index in [-0.39, 0.29) is 5.92 Å². The van der Waals surface area contributed by atoms with E-state index in [1.807, 2.05) is 18.2 Å². The lowest BCUT2D eigenvalue weighted by atomic mass is 9.89. The molecule has 7 heteroatoms. The molecule has 1 saturated heterocycles. The zero-order valence-corrected chi connectivity index (χ0v) is 13.5. The average molecular weight is 325 g/mol. The molecular weight excluding hydrogens is 306 g/mol. The minimum Gasteiger partial charge on any atom is -0.422 e. The van der Waals surface area contributed by atoms with Gasteiger partial charge >= 0.3 is 0 Å². The Morgan fingerprint density at radius 1 is 1.21 bits per heavy atom. The summed E-state index contributed by atoms with van der Waals surface area (Å²) >= 11 is 0. The summed E-state index contributed by atoms with van der Waals surface area (Å²) in [5, 5.41) is 10.5. The van der Waals surface area contributed by atoms with Crippen LogP contribution in [0, 0.1) is 12.8 Å². The molecule has 1 fully saturated rings. The molecule has 0 bridgehead atoms. The van der Waals surface area contributed by atoms with Gasteiger partial charge in [0.1, 0.15) is 6.33 Å². The van der Waals surface area contributed by atoms with Crippen molar-refractivity contribution in [2.75, 3.05) is 18.0 Å². The van der Waals surface area contributed by atoms with Gasteiger partial charge in [0.2, 0.25) is 0 Å². The van der Waals surface area contributed by atoms with Gasteiger partial charge in [0.25, 0.3) is 5.71 Å². The summed E-state index contributed by atoms with van der Waals surface area (Å²) in [5.41, 5.74) is 1.97. The Balaban J connectivity index is 1.49. The maximum absolute atomic E-state index is 10.5. The van der Waals surface area contributed by atoms with E-state index in [2.05, 4.69) is 24.8 Å². The summed E-state index contributed by atoms with van der Waals surface area (Å²) in [7, 11) is 0. The lowest BCUT2D eigenvalue weighted by molar-refractivity contribution is 0.0890. The highest BCUT2D eigenvalue weighted by atomic mass is 16.4. The lowest BCUT2D eigenvalue weighted by Crippen LogP contribution is -2.36. The SMILES string of the molecule is Cc1nc2c(N3CCC([C@H](O)c4ccccn4)CC3)ncnc2o1. The van der Waals surface area contributed by atoms with E-state index in [1.54, 1.807) is 13.1 Å². The fourth-order valence-electron chi connectivity index (χ4n) is 3.30. The first-order valence-corrected chi connectivity index (χ1v) is 8.14. The molecule has 24 heavy (non-hydrogen) atoms. The minimum atomic E-state index is -0.520. The van der Waals surface area contributed by atoms with Crippen LogP contribution in [0.15, 0.2) is 35.1 Å². The second-order valence-electron chi connectivity index (χ2n) is 6.11. The number of hydrogen-bond acceptors (Lipinski definition) is 7. The zero-order chi connectivity index (χ0) is 16.5. The van der Waals surface area contributed by atoms with Gasteiger partial charge in [-0.25, -0.2) is 9.97 Å². The Labute approximate surface area is 139 Å². The van der Waals surface area contributed by atoms with Gasteiger partial charge in [0, 0.05) is 26.2 Å². The number of hydrogen-bond donors (Lipinski definition) is 1. The largest absolute Gasteiger partial charge is 0.422 e. The van der Waals surface area contributed by atoms with Crippen LogP contribution in [-0.2, 0) is 0 Å². The van der Waals surface area contributed by atoms with Gasteiger partial charge < -0.3 is 14.4 Å². The van der Waals surface area contributed by atoms with Crippen LogP contribution in [0.5, 0.6) is 0 Å². The van der Waals surface area contributed by atoms with Gasteiger partial charge in [-0.2, -0.15) is 4.98 Å². The molecule has 4 rings (SSSR count). The van der Waals surface area contributed by atoms with Crippen molar-refractivity contribution in [3.63, 3.8) is 0 Å². The van der Waals surface area contributed by atoms with Crippen molar-refractivity contribution in [3.05, 3.63) is 42.3 Å². The number of pyridine rings is 1. The van der Waals surface area contributed by atoms with E-state index in [0.29, 0.717) is 17.1 Å². The van der Waals surface area contributed by atoms with Gasteiger partial charge in [0.05, 0.1) is 11.8 Å². The van der Waals surface area contributed by atoms with Crippen LogP contribution in [0.1, 0.15) is 30.5 Å². The molecule has 0 radical (unpaired) electrons. The second-order valence-corrected chi connectivity index (χ2v) is 6.11. The van der Waals surface area contributed by atoms with E-state index >= 15 is 0 Å². The summed E-state index contributed by atoms with van der Waals surface area (Å²) < 4.78 is 5.48. The Hall–Kier alpha value is -2.54. The molecule has 0 aromatic carbocycles. The molecular formula is C17H19N5O2. The topological polar surface area (TPSA) is 88.2 Å². The molecule has 0 saturated carbocycles. The number of aryl methyl sites for hydroxylation is 1. The fraction of sp³-hybridized carbons (Fsp3) is 0.412. The molecule has 124 valence electrons. The summed E-state index contributed by atoms with van der Waals surface area (Å²) in [5.74, 6) is 1.60. The number of nitrogens with zero attached hydrogens (tertiary/aromatic N) is 5. The van der Waals surface area contributed by atoms with Crippen LogP contribution >= 0.6 is 0 Å². The highest BCUT2D eigenvalue weighted by molar-refractivity contribution is 5.81. The fourth-order valence-corrected chi connectivity index (χ4v) is 3.30. The van der Waals surface area contributed by atoms with Gasteiger partial charge in [-0.1, -0.05) is 6.07 Å². The molecule has 0 unspecified atom stereocenters. The zero-order valence-electron chi connectivity index (χ0n) is 13.5. The lowest BCUT2D eigenvalue weighted by Gasteiger charge is -2.34. The number of aliphatic hydroxyl groups excluding tert-OH is 1. The second kappa shape index (κ2) is 6.16. The first-order valence-electron chi connectivity index (χ1n) is 8.14. The monoisotopic (exact) mass is 325 g/mol. The standard InChI is InChI=1S/C17H19N5O2/c1-11-21-14-16(19-10-20-17(14)24-11)22-8-5-12(6-9-22)15(23)13-4-2-3-7-18-13/h2-4,7,10,12,15,23H,5-6,8-9H2,1H3/t15-/m0/s1. The number of oxazole rings is 1. The molecule has 3 aromatic rings. The van der Waals surface area contributed by atoms with E-state index in [9.17, 15) is 5.11 Å². The molecule has 1 aliphatic rings. The number of aromatic nitrogens is 4. The maximum atomic E-state index is 10.5. The molecule has 4 heterocycles. The van der Waals surface area contributed by atoms with Crippen LogP contribution in [0.3, 0.4) is 0 Å². The van der Waals surface area contributed by atoms with Crippen molar-refractivity contribution in [2.45, 2.75) is 25.9 Å². The van der Waals surface area contributed by atoms with Crippen molar-refractivity contribution < 1.29 is 9.52 Å². The van der Waals surface area contributed by atoms with Crippen molar-refractivity contribution >= 4 is 17.0 Å². The quantitative estimate of drug-likeness (QED) is 0.790. The minimum absolute atomic E-state index is 0.201. The Kier molecular flexibility index (Phi) is 3.86. The van der Waals surface area contributed by atoms with Crippen LogP contribution < -0.4 is 4.90 Å². The predicted octanol–water partition coefficient (Wildman–Crippen LogP) is 2.27. The first kappa shape index (κ1) is 15.0. The number of piperidine rings is 1. The summed E-state index contributed by atoms with van der Waals surface area (Å²) in [6, 6.07) is 5.65. The smallest absolute Gasteiger partial charge is 0.252 e. The van der Waals surface area contributed by atoms with Crippen molar-refractivity contribution in [1.29, 1.82) is 0 Å². The summed E-state index contributed by atoms with van der Waals surface area (Å²) in [4.78, 5) is 19.4. The number of fused-ring (bicyclic) bond motifs is 1. The highest BCUT2D eigenvalue weighted by Crippen LogP contribution is 2.32. The third-order valence-corrected chi connectivity index (χ3v) is 4.56. The van der Waals surface area contributed by atoms with E-state index in [4.69, 9.17) is 4.42 Å². The number of aliphatic hydroxyl groups is 1. The Morgan fingerprint density at radius 3 is 2.79 bits per heavy atom. The van der Waals surface area contributed by atoms with Crippen molar-refractivity contribution in [3.8, 4) is 0 Å².